The lowest BCUT2D eigenvalue weighted by molar-refractivity contribution is -0.227. The Morgan fingerprint density at radius 1 is 1.40 bits per heavy atom. The van der Waals surface area contributed by atoms with Gasteiger partial charge in [-0.15, -0.1) is 0 Å². The lowest BCUT2D eigenvalue weighted by Crippen LogP contribution is -2.51. The highest BCUT2D eigenvalue weighted by atomic mass is 19.4. The fourth-order valence-electron chi connectivity index (χ4n) is 2.45. The molecule has 114 valence electrons. The van der Waals surface area contributed by atoms with Crippen LogP contribution in [0.3, 0.4) is 0 Å². The van der Waals surface area contributed by atoms with Gasteiger partial charge >= 0.3 is 12.1 Å². The van der Waals surface area contributed by atoms with Gasteiger partial charge in [-0.05, 0) is 6.42 Å². The zero-order chi connectivity index (χ0) is 15.0. The standard InChI is InChI=1S/C11H15F3N2O4/c12-11(13,14)10(9(18)19)1-3-16(6-10)8(17)7-5-15-2-4-20-7/h7,15H,1-6H2,(H,18,19). The van der Waals surface area contributed by atoms with E-state index in [9.17, 15) is 22.8 Å². The molecule has 20 heavy (non-hydrogen) atoms. The lowest BCUT2D eigenvalue weighted by Gasteiger charge is -2.29. The van der Waals surface area contributed by atoms with Crippen LogP contribution in [0.1, 0.15) is 6.42 Å². The minimum Gasteiger partial charge on any atom is -0.481 e. The summed E-state index contributed by atoms with van der Waals surface area (Å²) in [5.41, 5.74) is -2.87. The maximum Gasteiger partial charge on any atom is 0.406 e. The Hall–Kier alpha value is -1.35. The molecule has 0 radical (unpaired) electrons. The first kappa shape index (κ1) is 15.0. The van der Waals surface area contributed by atoms with E-state index in [1.165, 1.54) is 0 Å². The van der Waals surface area contributed by atoms with Crippen molar-refractivity contribution in [3.05, 3.63) is 0 Å². The molecule has 0 aliphatic carbocycles. The molecular formula is C11H15F3N2O4. The van der Waals surface area contributed by atoms with E-state index in [-0.39, 0.29) is 13.1 Å². The number of halogens is 3. The maximum atomic E-state index is 13.0. The van der Waals surface area contributed by atoms with E-state index in [1.54, 1.807) is 0 Å². The van der Waals surface area contributed by atoms with Crippen molar-refractivity contribution in [1.29, 1.82) is 0 Å². The summed E-state index contributed by atoms with van der Waals surface area (Å²) in [7, 11) is 0. The van der Waals surface area contributed by atoms with Crippen molar-refractivity contribution in [1.82, 2.24) is 10.2 Å². The third-order valence-corrected chi connectivity index (χ3v) is 3.74. The van der Waals surface area contributed by atoms with Crippen molar-refractivity contribution >= 4 is 11.9 Å². The summed E-state index contributed by atoms with van der Waals surface area (Å²) in [6.07, 6.45) is -6.36. The van der Waals surface area contributed by atoms with Crippen LogP contribution in [0.25, 0.3) is 0 Å². The summed E-state index contributed by atoms with van der Waals surface area (Å²) < 4.78 is 44.1. The summed E-state index contributed by atoms with van der Waals surface area (Å²) in [5, 5.41) is 11.8. The average Bonchev–Trinajstić information content (AvgIpc) is 2.85. The molecule has 0 bridgehead atoms. The predicted octanol–water partition coefficient (Wildman–Crippen LogP) is -0.160. The molecule has 2 fully saturated rings. The lowest BCUT2D eigenvalue weighted by atomic mass is 9.86. The highest BCUT2D eigenvalue weighted by Gasteiger charge is 2.64. The zero-order valence-electron chi connectivity index (χ0n) is 10.6. The first-order valence-electron chi connectivity index (χ1n) is 6.19. The molecule has 2 aliphatic rings. The van der Waals surface area contributed by atoms with E-state index in [0.717, 1.165) is 4.90 Å². The molecule has 6 nitrogen and oxygen atoms in total. The number of carbonyl (C=O) groups is 2. The SMILES string of the molecule is O=C(C1CNCCO1)N1CCC(C(=O)O)(C(F)(F)F)C1. The van der Waals surface area contributed by atoms with Gasteiger partial charge in [0.1, 0.15) is 6.10 Å². The Kier molecular flexibility index (Phi) is 3.92. The second-order valence-electron chi connectivity index (χ2n) is 4.96. The maximum absolute atomic E-state index is 13.0. The van der Waals surface area contributed by atoms with Gasteiger partial charge in [-0.25, -0.2) is 0 Å². The van der Waals surface area contributed by atoms with Crippen LogP contribution < -0.4 is 5.32 Å². The number of carboxylic acid groups (broad SMARTS) is 1. The summed E-state index contributed by atoms with van der Waals surface area (Å²) in [4.78, 5) is 24.0. The number of hydrogen-bond acceptors (Lipinski definition) is 4. The molecule has 2 unspecified atom stereocenters. The largest absolute Gasteiger partial charge is 0.481 e. The highest BCUT2D eigenvalue weighted by molar-refractivity contribution is 5.84. The van der Waals surface area contributed by atoms with E-state index in [1.807, 2.05) is 0 Å². The number of nitrogens with one attached hydrogen (secondary N) is 1. The Balaban J connectivity index is 2.10. The van der Waals surface area contributed by atoms with Gasteiger partial charge in [-0.2, -0.15) is 13.2 Å². The van der Waals surface area contributed by atoms with E-state index >= 15 is 0 Å². The van der Waals surface area contributed by atoms with Crippen LogP contribution in [0.15, 0.2) is 0 Å². The van der Waals surface area contributed by atoms with Gasteiger partial charge in [0.25, 0.3) is 5.91 Å². The van der Waals surface area contributed by atoms with Crippen LogP contribution in [0.2, 0.25) is 0 Å². The summed E-state index contributed by atoms with van der Waals surface area (Å²) in [5.74, 6) is -2.53. The average molecular weight is 296 g/mol. The fourth-order valence-corrected chi connectivity index (χ4v) is 2.45. The predicted molar refractivity (Wildman–Crippen MR) is 59.9 cm³/mol. The van der Waals surface area contributed by atoms with Crippen LogP contribution in [0.5, 0.6) is 0 Å². The van der Waals surface area contributed by atoms with Gasteiger partial charge in [-0.1, -0.05) is 0 Å². The van der Waals surface area contributed by atoms with E-state index in [4.69, 9.17) is 9.84 Å². The number of likely N-dealkylation sites (tertiary alicyclic amines) is 1. The number of carboxylic acids is 1. The topological polar surface area (TPSA) is 78.9 Å². The van der Waals surface area contributed by atoms with Crippen LogP contribution in [-0.4, -0.2) is 66.9 Å². The van der Waals surface area contributed by atoms with Gasteiger partial charge in [0.2, 0.25) is 0 Å². The van der Waals surface area contributed by atoms with Gasteiger partial charge in [0, 0.05) is 26.2 Å². The number of amides is 1. The summed E-state index contributed by atoms with van der Waals surface area (Å²) >= 11 is 0. The van der Waals surface area contributed by atoms with Crippen molar-refractivity contribution in [3.63, 3.8) is 0 Å². The van der Waals surface area contributed by atoms with Crippen LogP contribution in [-0.2, 0) is 14.3 Å². The Morgan fingerprint density at radius 2 is 2.10 bits per heavy atom. The molecule has 0 aromatic carbocycles. The Morgan fingerprint density at radius 3 is 2.55 bits per heavy atom. The number of hydrogen-bond donors (Lipinski definition) is 2. The second-order valence-corrected chi connectivity index (χ2v) is 4.96. The van der Waals surface area contributed by atoms with Gasteiger partial charge in [0.15, 0.2) is 5.41 Å². The van der Waals surface area contributed by atoms with E-state index < -0.39 is 42.5 Å². The monoisotopic (exact) mass is 296 g/mol. The molecule has 0 aromatic rings. The minimum atomic E-state index is -4.89. The molecule has 2 atom stereocenters. The van der Waals surface area contributed by atoms with Crippen molar-refractivity contribution in [3.8, 4) is 0 Å². The highest BCUT2D eigenvalue weighted by Crippen LogP contribution is 2.45. The molecule has 0 saturated carbocycles. The molecule has 9 heteroatoms. The minimum absolute atomic E-state index is 0.224. The van der Waals surface area contributed by atoms with Gasteiger partial charge in [-0.3, -0.25) is 9.59 Å². The first-order chi connectivity index (χ1) is 9.28. The van der Waals surface area contributed by atoms with E-state index in [2.05, 4.69) is 5.32 Å². The van der Waals surface area contributed by atoms with Crippen molar-refractivity contribution in [2.24, 2.45) is 5.41 Å². The number of carbonyl (C=O) groups excluding carboxylic acids is 1. The number of ether oxygens (including phenoxy) is 1. The third kappa shape index (κ3) is 2.47. The summed E-state index contributed by atoms with van der Waals surface area (Å²) in [6.45, 7) is 0.00936. The van der Waals surface area contributed by atoms with Crippen molar-refractivity contribution in [2.45, 2.75) is 18.7 Å². The molecule has 0 spiro atoms. The fraction of sp³-hybridized carbons (Fsp3) is 0.818. The first-order valence-corrected chi connectivity index (χ1v) is 6.19. The Labute approximate surface area is 112 Å². The van der Waals surface area contributed by atoms with Crippen LogP contribution in [0.4, 0.5) is 13.2 Å². The molecule has 2 rings (SSSR count). The third-order valence-electron chi connectivity index (χ3n) is 3.74. The number of morpholine rings is 1. The van der Waals surface area contributed by atoms with Crippen LogP contribution in [0, 0.1) is 5.41 Å². The second kappa shape index (κ2) is 5.21. The zero-order valence-corrected chi connectivity index (χ0v) is 10.6. The quantitative estimate of drug-likeness (QED) is 0.740. The number of aliphatic carboxylic acids is 1. The molecule has 2 heterocycles. The molecule has 2 saturated heterocycles. The van der Waals surface area contributed by atoms with Crippen molar-refractivity contribution < 1.29 is 32.6 Å². The molecule has 2 N–H and O–H groups in total. The van der Waals surface area contributed by atoms with Crippen LogP contribution >= 0.6 is 0 Å². The molecule has 0 aromatic heterocycles. The molecule has 1 amide bonds. The van der Waals surface area contributed by atoms with Gasteiger partial charge < -0.3 is 20.1 Å². The number of rotatable bonds is 2. The smallest absolute Gasteiger partial charge is 0.406 e. The van der Waals surface area contributed by atoms with E-state index in [0.29, 0.717) is 13.2 Å². The van der Waals surface area contributed by atoms with Crippen molar-refractivity contribution in [2.75, 3.05) is 32.8 Å². The van der Waals surface area contributed by atoms with Gasteiger partial charge in [0.05, 0.1) is 6.61 Å². The molecular weight excluding hydrogens is 281 g/mol. The Bertz CT molecular complexity index is 409. The number of alkyl halides is 3. The molecule has 2 aliphatic heterocycles. The normalized spacial score (nSPS) is 31.4. The number of nitrogens with zero attached hydrogens (tertiary/aromatic N) is 1. The summed E-state index contributed by atoms with van der Waals surface area (Å²) in [6, 6.07) is 0.